The Morgan fingerprint density at radius 3 is 1.87 bits per heavy atom. The van der Waals surface area contributed by atoms with Gasteiger partial charge in [0.25, 0.3) is 0 Å². The fraction of sp³-hybridized carbons (Fsp3) is 0.0435. The summed E-state index contributed by atoms with van der Waals surface area (Å²) in [5.41, 5.74) is 14.4. The average Bonchev–Trinajstić information content (AvgIpc) is 4.24. The first-order valence-corrected chi connectivity index (χ1v) is 25.8. The van der Waals surface area contributed by atoms with Crippen molar-refractivity contribution in [1.29, 1.82) is 0 Å². The lowest BCUT2D eigenvalue weighted by Gasteiger charge is -2.21. The zero-order chi connectivity index (χ0) is 49.3. The van der Waals surface area contributed by atoms with E-state index in [1.807, 2.05) is 12.1 Å². The molecule has 1 unspecified atom stereocenters. The highest BCUT2D eigenvalue weighted by atomic mass is 16.3. The summed E-state index contributed by atoms with van der Waals surface area (Å²) in [6, 6.07) is 80.2. The molecule has 6 nitrogen and oxygen atoms in total. The van der Waals surface area contributed by atoms with E-state index in [-0.39, 0.29) is 5.92 Å². The van der Waals surface area contributed by atoms with E-state index in [4.69, 9.17) is 18.8 Å². The Balaban J connectivity index is 1.03. The molecule has 0 amide bonds. The van der Waals surface area contributed by atoms with E-state index in [1.165, 1.54) is 21.5 Å². The number of hydrogen-bond acceptors (Lipinski definition) is 4. The molecule has 11 aromatic carbocycles. The molecule has 15 aromatic rings. The smallest absolute Gasteiger partial charge is 0.162 e. The summed E-state index contributed by atoms with van der Waals surface area (Å²) in [5, 5.41) is 13.5. The fourth-order valence-electron chi connectivity index (χ4n) is 12.3. The summed E-state index contributed by atoms with van der Waals surface area (Å²) in [6.45, 7) is 2.31. The minimum atomic E-state index is -0.0782. The molecule has 75 heavy (non-hydrogen) atoms. The first kappa shape index (κ1) is 41.8. The second-order valence-corrected chi connectivity index (χ2v) is 20.0. The van der Waals surface area contributed by atoms with Crippen molar-refractivity contribution in [3.8, 4) is 11.4 Å². The zero-order valence-corrected chi connectivity index (χ0v) is 40.8. The highest BCUT2D eigenvalue weighted by Gasteiger charge is 2.28. The molecule has 4 aromatic heterocycles. The van der Waals surface area contributed by atoms with Crippen molar-refractivity contribution in [3.63, 3.8) is 0 Å². The Kier molecular flexibility index (Phi) is 8.98. The van der Waals surface area contributed by atoms with E-state index in [9.17, 15) is 0 Å². The molecule has 0 N–H and O–H groups in total. The molecule has 1 atom stereocenters. The van der Waals surface area contributed by atoms with Crippen LogP contribution in [0.5, 0.6) is 0 Å². The molecular formula is C69H44N4O2. The number of aromatic nitrogens is 2. The number of furan rings is 2. The quantitative estimate of drug-likeness (QED) is 0.173. The highest BCUT2D eigenvalue weighted by molar-refractivity contribution is 6.28. The molecule has 0 saturated heterocycles. The predicted octanol–water partition coefficient (Wildman–Crippen LogP) is 18.3. The molecule has 1 aliphatic heterocycles. The van der Waals surface area contributed by atoms with Crippen molar-refractivity contribution in [1.82, 2.24) is 9.13 Å². The van der Waals surface area contributed by atoms with E-state index in [0.29, 0.717) is 12.3 Å². The minimum Gasteiger partial charge on any atom is -0.455 e. The Labute approximate surface area is 430 Å². The third kappa shape index (κ3) is 6.26. The minimum absolute atomic E-state index is 0.0782. The molecule has 1 aliphatic rings. The highest BCUT2D eigenvalue weighted by Crippen LogP contribution is 2.43. The van der Waals surface area contributed by atoms with Gasteiger partial charge in [0, 0.05) is 82.8 Å². The number of amidine groups is 1. The second-order valence-electron chi connectivity index (χ2n) is 20.0. The molecule has 0 radical (unpaired) electrons. The van der Waals surface area contributed by atoms with Crippen LogP contribution in [0.3, 0.4) is 0 Å². The Bertz CT molecular complexity index is 5000. The summed E-state index contributed by atoms with van der Waals surface area (Å²) in [7, 11) is 0. The van der Waals surface area contributed by atoms with E-state index in [1.54, 1.807) is 0 Å². The third-order valence-corrected chi connectivity index (χ3v) is 15.7. The van der Waals surface area contributed by atoms with Crippen LogP contribution in [0.2, 0.25) is 0 Å². The van der Waals surface area contributed by atoms with Crippen LogP contribution in [0.1, 0.15) is 30.0 Å². The van der Waals surface area contributed by atoms with Crippen LogP contribution in [0.4, 0.5) is 0 Å². The number of rotatable bonds is 5. The number of allylic oxidation sites excluding steroid dienone is 1. The number of fused-ring (bicyclic) bond motifs is 15. The maximum atomic E-state index is 7.21. The van der Waals surface area contributed by atoms with Crippen molar-refractivity contribution >= 4 is 126 Å². The van der Waals surface area contributed by atoms with Crippen LogP contribution in [0.15, 0.2) is 249 Å². The lowest BCUT2D eigenvalue weighted by molar-refractivity contribution is 0.667. The van der Waals surface area contributed by atoms with Gasteiger partial charge in [-0.05, 0) is 89.3 Å². The molecule has 0 fully saturated rings. The number of hydrogen-bond donors (Lipinski definition) is 0. The van der Waals surface area contributed by atoms with Gasteiger partial charge in [0.05, 0.1) is 39.2 Å². The number of benzene rings is 11. The normalized spacial score (nSPS) is 15.2. The second kappa shape index (κ2) is 16.1. The van der Waals surface area contributed by atoms with Crippen molar-refractivity contribution in [2.75, 3.05) is 0 Å². The standard InChI is InChI=1S/C69H44N4O2/c1-41-33-36-58(53-28-16-27-52-50-25-11-14-32-62(50)74-68(52)53)70-69(55-29-15-26-51-48-23-9-13-31-60(48)73(66(51)55)45-20-3-2-4-21-45)71-65(41)57-39-46(40-63-64(57)54-35-34-42-17-7-8-22-47(42)67(54)75-63)72-59-30-12-10-24-49(59)56-37-43-18-5-6-19-44(43)38-61(56)72/h2-32,34-41H,33H2,1H3/b58-36+,70-69?,71-65?. The average molecular weight is 961 g/mol. The molecule has 0 bridgehead atoms. The van der Waals surface area contributed by atoms with Gasteiger partial charge in [-0.3, -0.25) is 0 Å². The van der Waals surface area contributed by atoms with Gasteiger partial charge in [-0.2, -0.15) is 0 Å². The fourth-order valence-corrected chi connectivity index (χ4v) is 12.3. The van der Waals surface area contributed by atoms with E-state index < -0.39 is 0 Å². The zero-order valence-electron chi connectivity index (χ0n) is 40.8. The Morgan fingerprint density at radius 1 is 0.400 bits per heavy atom. The first-order valence-electron chi connectivity index (χ1n) is 25.8. The van der Waals surface area contributed by atoms with Crippen molar-refractivity contribution in [2.24, 2.45) is 15.9 Å². The Hall–Kier alpha value is -9.78. The molecule has 0 saturated carbocycles. The lowest BCUT2D eigenvalue weighted by atomic mass is 9.90. The lowest BCUT2D eigenvalue weighted by Crippen LogP contribution is -2.18. The maximum Gasteiger partial charge on any atom is 0.162 e. The molecule has 5 heterocycles. The summed E-state index contributed by atoms with van der Waals surface area (Å²) in [6.07, 6.45) is 2.97. The van der Waals surface area contributed by atoms with Crippen LogP contribution in [-0.2, 0) is 0 Å². The van der Waals surface area contributed by atoms with Crippen LogP contribution in [-0.4, -0.2) is 20.7 Å². The van der Waals surface area contributed by atoms with Gasteiger partial charge >= 0.3 is 0 Å². The van der Waals surface area contributed by atoms with Crippen LogP contribution in [0.25, 0.3) is 126 Å². The van der Waals surface area contributed by atoms with Gasteiger partial charge in [-0.15, -0.1) is 0 Å². The Morgan fingerprint density at radius 2 is 1.04 bits per heavy atom. The van der Waals surface area contributed by atoms with Crippen LogP contribution < -0.4 is 0 Å². The van der Waals surface area contributed by atoms with Crippen LogP contribution >= 0.6 is 0 Å². The monoisotopic (exact) mass is 960 g/mol. The summed E-state index contributed by atoms with van der Waals surface area (Å²) in [5.74, 6) is 0.534. The number of nitrogens with zero attached hydrogens (tertiary/aromatic N) is 4. The van der Waals surface area contributed by atoms with Gasteiger partial charge in [-0.1, -0.05) is 165 Å². The van der Waals surface area contributed by atoms with Gasteiger partial charge in [0.2, 0.25) is 0 Å². The molecule has 352 valence electrons. The molecule has 0 aliphatic carbocycles. The van der Waals surface area contributed by atoms with Gasteiger partial charge in [0.15, 0.2) is 5.84 Å². The van der Waals surface area contributed by atoms with E-state index >= 15 is 0 Å². The maximum absolute atomic E-state index is 7.21. The summed E-state index contributed by atoms with van der Waals surface area (Å²) < 4.78 is 18.7. The molecule has 16 rings (SSSR count). The number of aliphatic imine (C=N–C) groups is 2. The molecule has 0 spiro atoms. The topological polar surface area (TPSA) is 60.9 Å². The number of para-hydroxylation sites is 6. The van der Waals surface area contributed by atoms with E-state index in [0.717, 1.165) is 127 Å². The largest absolute Gasteiger partial charge is 0.455 e. The predicted molar refractivity (Wildman–Crippen MR) is 312 cm³/mol. The van der Waals surface area contributed by atoms with Crippen molar-refractivity contribution in [2.45, 2.75) is 13.3 Å². The van der Waals surface area contributed by atoms with Gasteiger partial charge < -0.3 is 18.0 Å². The van der Waals surface area contributed by atoms with Gasteiger partial charge in [0.1, 0.15) is 22.3 Å². The van der Waals surface area contributed by atoms with Crippen molar-refractivity contribution < 1.29 is 8.83 Å². The SMILES string of the molecule is CC1C/C=C(\c2cccc3c2oc2ccccc23)N=C(c2cccc3c4ccccc4n(-c4ccccc4)c23)N=C1c1cc(-n2c3ccccc3c3cc4ccccc4cc32)cc2oc3c4ccccc4ccc3c12. The molecule has 6 heteroatoms. The van der Waals surface area contributed by atoms with Crippen LogP contribution in [0, 0.1) is 5.92 Å². The first-order chi connectivity index (χ1) is 37.1. The van der Waals surface area contributed by atoms with Gasteiger partial charge in [-0.25, -0.2) is 9.98 Å². The third-order valence-electron chi connectivity index (χ3n) is 15.7. The summed E-state index contributed by atoms with van der Waals surface area (Å²) >= 11 is 0. The van der Waals surface area contributed by atoms with E-state index in [2.05, 4.69) is 234 Å². The van der Waals surface area contributed by atoms with Crippen molar-refractivity contribution in [3.05, 3.63) is 247 Å². The molecular weight excluding hydrogens is 917 g/mol. The summed E-state index contributed by atoms with van der Waals surface area (Å²) in [4.78, 5) is 11.8.